The summed E-state index contributed by atoms with van der Waals surface area (Å²) in [4.78, 5) is 25.5. The van der Waals surface area contributed by atoms with E-state index in [9.17, 15) is 9.59 Å². The zero-order chi connectivity index (χ0) is 12.8. The third kappa shape index (κ3) is 2.18. The monoisotopic (exact) mass is 250 g/mol. The first-order chi connectivity index (χ1) is 8.65. The first-order valence-corrected chi connectivity index (χ1v) is 7.24. The van der Waals surface area contributed by atoms with Crippen molar-refractivity contribution in [2.45, 2.75) is 64.0 Å². The predicted molar refractivity (Wildman–Crippen MR) is 67.9 cm³/mol. The number of carbonyl (C=O) groups excluding carboxylic acids is 2. The van der Waals surface area contributed by atoms with Crippen LogP contribution in [0.15, 0.2) is 0 Å². The molecule has 0 radical (unpaired) electrons. The molecule has 100 valence electrons. The predicted octanol–water partition coefficient (Wildman–Crippen LogP) is 1.45. The van der Waals surface area contributed by atoms with E-state index in [1.807, 2.05) is 0 Å². The summed E-state index contributed by atoms with van der Waals surface area (Å²) < 4.78 is 0. The number of hydrogen-bond donors (Lipinski definition) is 1. The van der Waals surface area contributed by atoms with E-state index in [0.717, 1.165) is 19.4 Å². The molecule has 4 heteroatoms. The quantitative estimate of drug-likeness (QED) is 0.726. The van der Waals surface area contributed by atoms with E-state index in [0.29, 0.717) is 11.8 Å². The van der Waals surface area contributed by atoms with Crippen LogP contribution < -0.4 is 5.32 Å². The molecule has 0 aromatic carbocycles. The molecule has 4 nitrogen and oxygen atoms in total. The molecule has 1 heterocycles. The maximum atomic E-state index is 12.1. The van der Waals surface area contributed by atoms with Gasteiger partial charge in [-0.25, -0.2) is 0 Å². The molecule has 1 atom stereocenters. The smallest absolute Gasteiger partial charge is 0.247 e. The number of amides is 2. The highest BCUT2D eigenvalue weighted by molar-refractivity contribution is 6.06. The molecule has 1 unspecified atom stereocenters. The van der Waals surface area contributed by atoms with Gasteiger partial charge in [-0.1, -0.05) is 13.3 Å². The average Bonchev–Trinajstić information content (AvgIpc) is 3.22. The van der Waals surface area contributed by atoms with Gasteiger partial charge >= 0.3 is 0 Å². The molecular formula is C14H22N2O2. The molecule has 0 spiro atoms. The van der Waals surface area contributed by atoms with Gasteiger partial charge in [-0.05, 0) is 37.5 Å². The summed E-state index contributed by atoms with van der Waals surface area (Å²) >= 11 is 0. The van der Waals surface area contributed by atoms with Gasteiger partial charge in [0, 0.05) is 12.6 Å². The Morgan fingerprint density at radius 1 is 1.33 bits per heavy atom. The largest absolute Gasteiger partial charge is 0.305 e. The van der Waals surface area contributed by atoms with Crippen molar-refractivity contribution >= 4 is 11.8 Å². The zero-order valence-corrected chi connectivity index (χ0v) is 11.1. The minimum absolute atomic E-state index is 0.0230. The van der Waals surface area contributed by atoms with Gasteiger partial charge in [-0.3, -0.25) is 14.5 Å². The van der Waals surface area contributed by atoms with E-state index < -0.39 is 0 Å². The number of rotatable bonds is 6. The van der Waals surface area contributed by atoms with Crippen LogP contribution in [0.1, 0.15) is 51.9 Å². The highest BCUT2D eigenvalue weighted by Gasteiger charge is 2.47. The summed E-state index contributed by atoms with van der Waals surface area (Å²) in [6, 6.07) is -0.0187. The Labute approximate surface area is 108 Å². The van der Waals surface area contributed by atoms with Crippen LogP contribution in [-0.2, 0) is 9.59 Å². The lowest BCUT2D eigenvalue weighted by molar-refractivity contribution is -0.139. The Morgan fingerprint density at radius 3 is 2.61 bits per heavy atom. The standard InChI is InChI=1S/C14H22N2O2/c1-2-5-14(6-7-14)9-15-11-8-12(17)16(13(11)18)10-3-4-10/h10-11,15H,2-9H2,1H3. The van der Waals surface area contributed by atoms with Crippen LogP contribution >= 0.6 is 0 Å². The van der Waals surface area contributed by atoms with Gasteiger partial charge in [0.1, 0.15) is 0 Å². The van der Waals surface area contributed by atoms with Gasteiger partial charge in [0.05, 0.1) is 12.5 Å². The second-order valence-corrected chi connectivity index (χ2v) is 6.22. The highest BCUT2D eigenvalue weighted by atomic mass is 16.2. The molecule has 0 aromatic rings. The SMILES string of the molecule is CCCC1(CNC2CC(=O)N(C3CC3)C2=O)CC1. The van der Waals surface area contributed by atoms with Crippen molar-refractivity contribution in [3.63, 3.8) is 0 Å². The fraction of sp³-hybridized carbons (Fsp3) is 0.857. The van der Waals surface area contributed by atoms with Gasteiger partial charge in [0.15, 0.2) is 0 Å². The fourth-order valence-corrected chi connectivity index (χ4v) is 3.09. The van der Waals surface area contributed by atoms with Crippen molar-refractivity contribution in [3.8, 4) is 0 Å². The first-order valence-electron chi connectivity index (χ1n) is 7.24. The number of nitrogens with one attached hydrogen (secondary N) is 1. The molecule has 2 saturated carbocycles. The second kappa shape index (κ2) is 4.34. The number of carbonyl (C=O) groups is 2. The Hall–Kier alpha value is -0.900. The van der Waals surface area contributed by atoms with E-state index in [-0.39, 0.29) is 23.9 Å². The van der Waals surface area contributed by atoms with Gasteiger partial charge < -0.3 is 5.32 Å². The number of hydrogen-bond acceptors (Lipinski definition) is 3. The van der Waals surface area contributed by atoms with Crippen molar-refractivity contribution in [3.05, 3.63) is 0 Å². The molecule has 2 amide bonds. The van der Waals surface area contributed by atoms with Gasteiger partial charge in [0.2, 0.25) is 11.8 Å². The zero-order valence-electron chi connectivity index (χ0n) is 11.1. The van der Waals surface area contributed by atoms with Gasteiger partial charge in [-0.2, -0.15) is 0 Å². The van der Waals surface area contributed by atoms with Crippen molar-refractivity contribution in [2.24, 2.45) is 5.41 Å². The molecular weight excluding hydrogens is 228 g/mol. The Bertz CT molecular complexity index is 372. The minimum atomic E-state index is -0.243. The van der Waals surface area contributed by atoms with E-state index in [1.54, 1.807) is 0 Å². The second-order valence-electron chi connectivity index (χ2n) is 6.22. The molecule has 3 aliphatic rings. The summed E-state index contributed by atoms with van der Waals surface area (Å²) in [6.45, 7) is 3.11. The summed E-state index contributed by atoms with van der Waals surface area (Å²) in [5.41, 5.74) is 0.436. The van der Waals surface area contributed by atoms with Crippen LogP contribution in [0.25, 0.3) is 0 Å². The van der Waals surface area contributed by atoms with E-state index >= 15 is 0 Å². The maximum Gasteiger partial charge on any atom is 0.247 e. The molecule has 3 fully saturated rings. The minimum Gasteiger partial charge on any atom is -0.305 e. The molecule has 1 saturated heterocycles. The fourth-order valence-electron chi connectivity index (χ4n) is 3.09. The van der Waals surface area contributed by atoms with Crippen molar-refractivity contribution in [1.82, 2.24) is 10.2 Å². The lowest BCUT2D eigenvalue weighted by Gasteiger charge is -2.18. The maximum absolute atomic E-state index is 12.1. The van der Waals surface area contributed by atoms with Crippen LogP contribution in [0.5, 0.6) is 0 Å². The molecule has 18 heavy (non-hydrogen) atoms. The molecule has 0 aromatic heterocycles. The van der Waals surface area contributed by atoms with Crippen LogP contribution in [0, 0.1) is 5.41 Å². The van der Waals surface area contributed by atoms with E-state index in [4.69, 9.17) is 0 Å². The Balaban J connectivity index is 1.54. The van der Waals surface area contributed by atoms with Crippen LogP contribution in [0.2, 0.25) is 0 Å². The molecule has 1 aliphatic heterocycles. The average molecular weight is 250 g/mol. The summed E-state index contributed by atoms with van der Waals surface area (Å²) in [5, 5.41) is 3.35. The first kappa shape index (κ1) is 12.2. The number of nitrogens with zero attached hydrogens (tertiary/aromatic N) is 1. The Kier molecular flexibility index (Phi) is 2.93. The van der Waals surface area contributed by atoms with Crippen LogP contribution in [0.3, 0.4) is 0 Å². The summed E-state index contributed by atoms with van der Waals surface area (Å²) in [7, 11) is 0. The van der Waals surface area contributed by atoms with Crippen molar-refractivity contribution < 1.29 is 9.59 Å². The molecule has 0 bridgehead atoms. The third-order valence-electron chi connectivity index (χ3n) is 4.56. The van der Waals surface area contributed by atoms with Gasteiger partial charge in [-0.15, -0.1) is 0 Å². The lowest BCUT2D eigenvalue weighted by Crippen LogP contribution is -2.41. The van der Waals surface area contributed by atoms with Gasteiger partial charge in [0.25, 0.3) is 0 Å². The molecule has 1 N–H and O–H groups in total. The van der Waals surface area contributed by atoms with E-state index in [2.05, 4.69) is 12.2 Å². The molecule has 2 aliphatic carbocycles. The number of likely N-dealkylation sites (tertiary alicyclic amines) is 1. The van der Waals surface area contributed by atoms with Crippen molar-refractivity contribution in [1.29, 1.82) is 0 Å². The third-order valence-corrected chi connectivity index (χ3v) is 4.56. The number of imide groups is 1. The normalized spacial score (nSPS) is 30.1. The van der Waals surface area contributed by atoms with Crippen LogP contribution in [-0.4, -0.2) is 35.3 Å². The topological polar surface area (TPSA) is 49.4 Å². The summed E-state index contributed by atoms with van der Waals surface area (Å²) in [6.07, 6.45) is 7.37. The van der Waals surface area contributed by atoms with E-state index in [1.165, 1.54) is 30.6 Å². The Morgan fingerprint density at radius 2 is 2.06 bits per heavy atom. The lowest BCUT2D eigenvalue weighted by atomic mass is 10.0. The molecule has 3 rings (SSSR count). The highest BCUT2D eigenvalue weighted by Crippen LogP contribution is 2.49. The summed E-state index contributed by atoms with van der Waals surface area (Å²) in [5.74, 6) is 0.0511. The van der Waals surface area contributed by atoms with Crippen molar-refractivity contribution in [2.75, 3.05) is 6.54 Å². The van der Waals surface area contributed by atoms with Crippen LogP contribution in [0.4, 0.5) is 0 Å².